The van der Waals surface area contributed by atoms with Gasteiger partial charge in [-0.15, -0.1) is 0 Å². The molecule has 0 aliphatic rings. The largest absolute Gasteiger partial charge is 0.756 e. The Hall–Kier alpha value is -0.760. The third-order valence-electron chi connectivity index (χ3n) is 10.2. The number of aliphatic hydroxyl groups excluding tert-OH is 1. The summed E-state index contributed by atoms with van der Waals surface area (Å²) < 4.78 is 23.1. The number of hydrogen-bond acceptors (Lipinski definition) is 6. The van der Waals surface area contributed by atoms with Crippen molar-refractivity contribution in [3.63, 3.8) is 0 Å². The molecule has 0 fully saturated rings. The smallest absolute Gasteiger partial charge is 0.268 e. The number of carbonyl (C=O) groups excluding carboxylic acids is 1. The van der Waals surface area contributed by atoms with E-state index < -0.39 is 20.0 Å². The lowest BCUT2D eigenvalue weighted by molar-refractivity contribution is -0.870. The van der Waals surface area contributed by atoms with E-state index in [4.69, 9.17) is 9.05 Å². The van der Waals surface area contributed by atoms with Crippen molar-refractivity contribution in [2.24, 2.45) is 0 Å². The van der Waals surface area contributed by atoms with Crippen molar-refractivity contribution in [3.05, 3.63) is 12.2 Å². The van der Waals surface area contributed by atoms with Crippen molar-refractivity contribution in [1.29, 1.82) is 0 Å². The number of phosphoric ester groups is 1. The number of phosphoric acid groups is 1. The molecule has 0 bridgehead atoms. The molecule has 8 nitrogen and oxygen atoms in total. The molecule has 0 radical (unpaired) electrons. The second kappa shape index (κ2) is 36.9. The number of nitrogens with zero attached hydrogens (tertiary/aromatic N) is 1. The van der Waals surface area contributed by atoms with Gasteiger partial charge in [-0.1, -0.05) is 199 Å². The van der Waals surface area contributed by atoms with Crippen LogP contribution in [0.5, 0.6) is 0 Å². The summed E-state index contributed by atoms with van der Waals surface area (Å²) in [6, 6.07) is -0.878. The van der Waals surface area contributed by atoms with Crippen molar-refractivity contribution >= 4 is 13.7 Å². The van der Waals surface area contributed by atoms with Crippen LogP contribution < -0.4 is 10.2 Å². The van der Waals surface area contributed by atoms with Crippen LogP contribution in [0.3, 0.4) is 0 Å². The van der Waals surface area contributed by atoms with E-state index in [1.807, 2.05) is 27.2 Å². The fourth-order valence-corrected chi connectivity index (χ4v) is 7.35. The Kier molecular flexibility index (Phi) is 36.3. The molecular formula is C44H89N2O6P. The Morgan fingerprint density at radius 2 is 1.02 bits per heavy atom. The van der Waals surface area contributed by atoms with Gasteiger partial charge in [-0.3, -0.25) is 9.36 Å². The number of unbranched alkanes of at least 4 members (excludes halogenated alkanes) is 28. The highest BCUT2D eigenvalue weighted by Crippen LogP contribution is 2.38. The fraction of sp³-hybridized carbons (Fsp3) is 0.932. The summed E-state index contributed by atoms with van der Waals surface area (Å²) in [5.74, 6) is -0.199. The average Bonchev–Trinajstić information content (AvgIpc) is 3.10. The number of amides is 1. The zero-order valence-corrected chi connectivity index (χ0v) is 36.6. The van der Waals surface area contributed by atoms with Crippen LogP contribution in [0.25, 0.3) is 0 Å². The number of carbonyl (C=O) groups is 1. The summed E-state index contributed by atoms with van der Waals surface area (Å²) in [4.78, 5) is 25.2. The van der Waals surface area contributed by atoms with Gasteiger partial charge in [0, 0.05) is 6.42 Å². The molecule has 0 rings (SSSR count). The molecule has 0 aromatic heterocycles. The molecule has 0 aliphatic heterocycles. The number of hydrogen-bond donors (Lipinski definition) is 2. The SMILES string of the molecule is CCCCCCCCCCCCCCCCCCCCCC/C=C/C(O)C(COP(=O)([O-])OCC[N+](C)(C)C)NC(=O)CCCCCCCCCCC. The number of likely N-dealkylation sites (N-methyl/N-ethyl adjacent to an activating group) is 1. The molecule has 0 aliphatic carbocycles. The minimum Gasteiger partial charge on any atom is -0.756 e. The van der Waals surface area contributed by atoms with Crippen LogP contribution in [0.15, 0.2) is 12.2 Å². The van der Waals surface area contributed by atoms with Crippen molar-refractivity contribution in [2.75, 3.05) is 40.9 Å². The molecule has 0 saturated carbocycles. The van der Waals surface area contributed by atoms with Gasteiger partial charge in [0.2, 0.25) is 5.91 Å². The quantitative estimate of drug-likeness (QED) is 0.0277. The minimum atomic E-state index is -4.58. The molecule has 0 aromatic rings. The summed E-state index contributed by atoms with van der Waals surface area (Å²) >= 11 is 0. The van der Waals surface area contributed by atoms with Crippen LogP contribution in [0.2, 0.25) is 0 Å². The molecular weight excluding hydrogens is 683 g/mol. The highest BCUT2D eigenvalue weighted by atomic mass is 31.2. The van der Waals surface area contributed by atoms with Gasteiger partial charge in [-0.05, 0) is 19.3 Å². The van der Waals surface area contributed by atoms with Gasteiger partial charge in [-0.25, -0.2) is 0 Å². The zero-order valence-electron chi connectivity index (χ0n) is 35.7. The average molecular weight is 773 g/mol. The fourth-order valence-electron chi connectivity index (χ4n) is 6.62. The summed E-state index contributed by atoms with van der Waals surface area (Å²) in [5, 5.41) is 13.7. The van der Waals surface area contributed by atoms with Gasteiger partial charge in [0.15, 0.2) is 0 Å². The van der Waals surface area contributed by atoms with Gasteiger partial charge >= 0.3 is 0 Å². The predicted molar refractivity (Wildman–Crippen MR) is 224 cm³/mol. The third kappa shape index (κ3) is 39.3. The first-order valence-electron chi connectivity index (χ1n) is 22.6. The Bertz CT molecular complexity index is 880. The van der Waals surface area contributed by atoms with Gasteiger partial charge < -0.3 is 28.8 Å². The maximum atomic E-state index is 12.8. The second-order valence-corrected chi connectivity index (χ2v) is 18.2. The van der Waals surface area contributed by atoms with Crippen LogP contribution in [-0.4, -0.2) is 68.5 Å². The van der Waals surface area contributed by atoms with Crippen LogP contribution in [0.4, 0.5) is 0 Å². The van der Waals surface area contributed by atoms with Gasteiger partial charge in [0.1, 0.15) is 13.2 Å². The summed E-state index contributed by atoms with van der Waals surface area (Å²) in [6.07, 6.45) is 41.3. The monoisotopic (exact) mass is 773 g/mol. The number of nitrogens with one attached hydrogen (secondary N) is 1. The molecule has 0 aromatic carbocycles. The van der Waals surface area contributed by atoms with E-state index in [0.717, 1.165) is 38.5 Å². The minimum absolute atomic E-state index is 0.00182. The highest BCUT2D eigenvalue weighted by molar-refractivity contribution is 7.45. The molecule has 3 atom stereocenters. The molecule has 3 unspecified atom stereocenters. The Balaban J connectivity index is 4.26. The van der Waals surface area contributed by atoms with Crippen LogP contribution >= 0.6 is 7.82 Å². The molecule has 53 heavy (non-hydrogen) atoms. The lowest BCUT2D eigenvalue weighted by atomic mass is 10.0. The predicted octanol–water partition coefficient (Wildman–Crippen LogP) is 11.7. The van der Waals surface area contributed by atoms with E-state index >= 15 is 0 Å². The first-order valence-corrected chi connectivity index (χ1v) is 24.0. The Morgan fingerprint density at radius 3 is 1.42 bits per heavy atom. The standard InChI is InChI=1S/C44H89N2O6P/c1-6-8-10-12-14-16-17-18-19-20-21-22-23-24-25-26-27-28-30-31-33-35-37-43(47)42(41-52-53(49,50)51-40-39-46(3,4)5)45-44(48)38-36-34-32-29-15-13-11-9-7-2/h35,37,42-43,47H,6-34,36,38-41H2,1-5H3,(H-,45,48,49,50)/b37-35+. The Labute approximate surface area is 329 Å². The van der Waals surface area contributed by atoms with E-state index in [-0.39, 0.29) is 19.1 Å². The van der Waals surface area contributed by atoms with Gasteiger partial charge in [-0.2, -0.15) is 0 Å². The number of rotatable bonds is 41. The van der Waals surface area contributed by atoms with E-state index in [1.54, 1.807) is 6.08 Å². The van der Waals surface area contributed by atoms with Crippen LogP contribution in [0.1, 0.15) is 213 Å². The molecule has 0 spiro atoms. The first-order chi connectivity index (χ1) is 25.5. The van der Waals surface area contributed by atoms with Gasteiger partial charge in [0.25, 0.3) is 7.82 Å². The summed E-state index contributed by atoms with van der Waals surface area (Å²) in [7, 11) is 1.27. The normalized spacial score (nSPS) is 14.5. The number of aliphatic hydroxyl groups is 1. The summed E-state index contributed by atoms with van der Waals surface area (Å²) in [5.41, 5.74) is 0. The number of quaternary nitrogens is 1. The molecule has 2 N–H and O–H groups in total. The molecule has 316 valence electrons. The molecule has 9 heteroatoms. The molecule has 0 heterocycles. The van der Waals surface area contributed by atoms with Crippen molar-refractivity contribution in [2.45, 2.75) is 225 Å². The topological polar surface area (TPSA) is 108 Å². The lowest BCUT2D eigenvalue weighted by Gasteiger charge is -2.29. The highest BCUT2D eigenvalue weighted by Gasteiger charge is 2.23. The van der Waals surface area contributed by atoms with E-state index in [1.165, 1.54) is 154 Å². The Morgan fingerprint density at radius 1 is 0.642 bits per heavy atom. The second-order valence-electron chi connectivity index (χ2n) is 16.8. The van der Waals surface area contributed by atoms with Crippen molar-refractivity contribution in [3.8, 4) is 0 Å². The maximum absolute atomic E-state index is 12.8. The van der Waals surface area contributed by atoms with Crippen LogP contribution in [-0.2, 0) is 18.4 Å². The third-order valence-corrected chi connectivity index (χ3v) is 11.2. The van der Waals surface area contributed by atoms with E-state index in [9.17, 15) is 19.4 Å². The summed E-state index contributed by atoms with van der Waals surface area (Å²) in [6.45, 7) is 4.63. The first kappa shape index (κ1) is 52.2. The van der Waals surface area contributed by atoms with Crippen LogP contribution in [0, 0.1) is 0 Å². The zero-order chi connectivity index (χ0) is 39.3. The maximum Gasteiger partial charge on any atom is 0.268 e. The lowest BCUT2D eigenvalue weighted by Crippen LogP contribution is -2.45. The molecule has 1 amide bonds. The molecule has 0 saturated heterocycles. The van der Waals surface area contributed by atoms with Crippen molar-refractivity contribution < 1.29 is 32.9 Å². The van der Waals surface area contributed by atoms with Crippen molar-refractivity contribution in [1.82, 2.24) is 5.32 Å². The van der Waals surface area contributed by atoms with E-state index in [0.29, 0.717) is 17.4 Å². The van der Waals surface area contributed by atoms with E-state index in [2.05, 4.69) is 19.2 Å². The number of allylic oxidation sites excluding steroid dienone is 1. The van der Waals surface area contributed by atoms with Gasteiger partial charge in [0.05, 0.1) is 39.9 Å².